The fraction of sp³-hybridized carbons (Fsp3) is 0.474. The van der Waals surface area contributed by atoms with E-state index in [2.05, 4.69) is 56.7 Å². The molecule has 1 atom stereocenters. The van der Waals surface area contributed by atoms with E-state index in [1.54, 1.807) is 0 Å². The summed E-state index contributed by atoms with van der Waals surface area (Å²) in [7, 11) is 0. The SMILES string of the molecule is CC(C)C(C)c1cccnc1.CC(C)Cc1cccnc1. The molecule has 0 aliphatic heterocycles. The Kier molecular flexibility index (Phi) is 7.66. The van der Waals surface area contributed by atoms with E-state index in [0.717, 1.165) is 12.3 Å². The average Bonchev–Trinajstić information content (AvgIpc) is 2.48. The molecule has 114 valence electrons. The van der Waals surface area contributed by atoms with Gasteiger partial charge in [0.15, 0.2) is 0 Å². The Morgan fingerprint density at radius 2 is 1.48 bits per heavy atom. The van der Waals surface area contributed by atoms with Crippen LogP contribution in [0, 0.1) is 11.8 Å². The van der Waals surface area contributed by atoms with Gasteiger partial charge in [-0.25, -0.2) is 0 Å². The van der Waals surface area contributed by atoms with E-state index in [1.807, 2.05) is 36.9 Å². The lowest BCUT2D eigenvalue weighted by Crippen LogP contribution is -2.01. The summed E-state index contributed by atoms with van der Waals surface area (Å²) >= 11 is 0. The van der Waals surface area contributed by atoms with Crippen LogP contribution in [0.5, 0.6) is 0 Å². The Labute approximate surface area is 129 Å². The van der Waals surface area contributed by atoms with Crippen molar-refractivity contribution in [3.8, 4) is 0 Å². The third-order valence-electron chi connectivity index (χ3n) is 3.58. The summed E-state index contributed by atoms with van der Waals surface area (Å²) in [6.45, 7) is 11.1. The average molecular weight is 284 g/mol. The summed E-state index contributed by atoms with van der Waals surface area (Å²) in [4.78, 5) is 8.13. The Hall–Kier alpha value is -1.70. The van der Waals surface area contributed by atoms with E-state index >= 15 is 0 Å². The van der Waals surface area contributed by atoms with Crippen molar-refractivity contribution in [1.82, 2.24) is 9.97 Å². The molecule has 0 spiro atoms. The van der Waals surface area contributed by atoms with Gasteiger partial charge in [0.2, 0.25) is 0 Å². The van der Waals surface area contributed by atoms with Crippen molar-refractivity contribution in [2.24, 2.45) is 11.8 Å². The van der Waals surface area contributed by atoms with Gasteiger partial charge >= 0.3 is 0 Å². The number of pyridine rings is 2. The van der Waals surface area contributed by atoms with Crippen LogP contribution in [0.1, 0.15) is 51.7 Å². The fourth-order valence-corrected chi connectivity index (χ4v) is 2.02. The summed E-state index contributed by atoms with van der Waals surface area (Å²) in [5, 5.41) is 0. The number of aromatic nitrogens is 2. The van der Waals surface area contributed by atoms with E-state index in [4.69, 9.17) is 0 Å². The number of rotatable bonds is 4. The molecule has 0 aromatic carbocycles. The van der Waals surface area contributed by atoms with Gasteiger partial charge in [-0.3, -0.25) is 9.97 Å². The van der Waals surface area contributed by atoms with Crippen LogP contribution >= 0.6 is 0 Å². The summed E-state index contributed by atoms with van der Waals surface area (Å²) in [6, 6.07) is 8.23. The molecule has 0 aliphatic rings. The van der Waals surface area contributed by atoms with Gasteiger partial charge in [0.25, 0.3) is 0 Å². The quantitative estimate of drug-likeness (QED) is 0.778. The Morgan fingerprint density at radius 1 is 0.857 bits per heavy atom. The zero-order valence-electron chi connectivity index (χ0n) is 14.0. The molecule has 0 aliphatic carbocycles. The van der Waals surface area contributed by atoms with E-state index in [9.17, 15) is 0 Å². The summed E-state index contributed by atoms with van der Waals surface area (Å²) < 4.78 is 0. The first-order valence-corrected chi connectivity index (χ1v) is 7.79. The van der Waals surface area contributed by atoms with Gasteiger partial charge in [-0.15, -0.1) is 0 Å². The molecule has 0 saturated carbocycles. The summed E-state index contributed by atoms with van der Waals surface area (Å²) in [5.41, 5.74) is 2.67. The highest BCUT2D eigenvalue weighted by atomic mass is 14.6. The van der Waals surface area contributed by atoms with Crippen molar-refractivity contribution < 1.29 is 0 Å². The minimum atomic E-state index is 0.615. The third kappa shape index (κ3) is 7.03. The summed E-state index contributed by atoms with van der Waals surface area (Å²) in [6.07, 6.45) is 8.64. The molecule has 0 fully saturated rings. The van der Waals surface area contributed by atoms with Crippen molar-refractivity contribution in [3.05, 3.63) is 60.2 Å². The molecule has 2 rings (SSSR count). The van der Waals surface area contributed by atoms with Gasteiger partial charge in [-0.1, -0.05) is 46.8 Å². The molecule has 0 N–H and O–H groups in total. The number of hydrogen-bond donors (Lipinski definition) is 0. The smallest absolute Gasteiger partial charge is 0.0302 e. The highest BCUT2D eigenvalue weighted by Crippen LogP contribution is 2.21. The molecule has 2 aromatic rings. The van der Waals surface area contributed by atoms with Gasteiger partial charge in [-0.05, 0) is 47.4 Å². The molecule has 0 bridgehead atoms. The Bertz CT molecular complexity index is 477. The topological polar surface area (TPSA) is 25.8 Å². The van der Waals surface area contributed by atoms with E-state index in [1.165, 1.54) is 11.1 Å². The van der Waals surface area contributed by atoms with Crippen LogP contribution in [0.2, 0.25) is 0 Å². The standard InChI is InChI=1S/C10H15N.C9H13N/c1-8(2)9(3)10-5-4-6-11-7-10;1-8(2)6-9-4-3-5-10-7-9/h4-9H,1-3H3;3-5,7-8H,6H2,1-2H3. The van der Waals surface area contributed by atoms with Crippen LogP contribution in [0.4, 0.5) is 0 Å². The van der Waals surface area contributed by atoms with Gasteiger partial charge in [0, 0.05) is 24.8 Å². The van der Waals surface area contributed by atoms with Gasteiger partial charge in [-0.2, -0.15) is 0 Å². The fourth-order valence-electron chi connectivity index (χ4n) is 2.02. The lowest BCUT2D eigenvalue weighted by Gasteiger charge is -2.14. The number of nitrogens with zero attached hydrogens (tertiary/aromatic N) is 2. The molecule has 21 heavy (non-hydrogen) atoms. The zero-order valence-corrected chi connectivity index (χ0v) is 14.0. The molecule has 2 aromatic heterocycles. The second-order valence-corrected chi connectivity index (χ2v) is 6.28. The van der Waals surface area contributed by atoms with Crippen molar-refractivity contribution in [1.29, 1.82) is 0 Å². The van der Waals surface area contributed by atoms with Crippen molar-refractivity contribution >= 4 is 0 Å². The lowest BCUT2D eigenvalue weighted by atomic mass is 9.92. The van der Waals surface area contributed by atoms with E-state index < -0.39 is 0 Å². The number of hydrogen-bond acceptors (Lipinski definition) is 2. The van der Waals surface area contributed by atoms with Crippen LogP contribution in [0.25, 0.3) is 0 Å². The third-order valence-corrected chi connectivity index (χ3v) is 3.58. The molecule has 0 radical (unpaired) electrons. The monoisotopic (exact) mass is 284 g/mol. The highest BCUT2D eigenvalue weighted by Gasteiger charge is 2.08. The predicted molar refractivity (Wildman–Crippen MR) is 90.3 cm³/mol. The second kappa shape index (κ2) is 9.28. The van der Waals surface area contributed by atoms with Crippen LogP contribution in [0.3, 0.4) is 0 Å². The van der Waals surface area contributed by atoms with Crippen molar-refractivity contribution in [2.75, 3.05) is 0 Å². The first-order chi connectivity index (χ1) is 10.0. The van der Waals surface area contributed by atoms with E-state index in [0.29, 0.717) is 11.8 Å². The maximum Gasteiger partial charge on any atom is 0.0302 e. The molecule has 2 nitrogen and oxygen atoms in total. The Balaban J connectivity index is 0.000000211. The van der Waals surface area contributed by atoms with Crippen LogP contribution in [-0.2, 0) is 6.42 Å². The normalized spacial score (nSPS) is 12.0. The maximum atomic E-state index is 4.09. The van der Waals surface area contributed by atoms with Crippen molar-refractivity contribution in [2.45, 2.75) is 47.0 Å². The minimum absolute atomic E-state index is 0.615. The van der Waals surface area contributed by atoms with Gasteiger partial charge in [0.1, 0.15) is 0 Å². The first kappa shape index (κ1) is 17.4. The highest BCUT2D eigenvalue weighted by molar-refractivity contribution is 5.14. The molecular formula is C19H28N2. The maximum absolute atomic E-state index is 4.09. The minimum Gasteiger partial charge on any atom is -0.264 e. The van der Waals surface area contributed by atoms with Crippen molar-refractivity contribution in [3.63, 3.8) is 0 Å². The zero-order chi connectivity index (χ0) is 15.7. The van der Waals surface area contributed by atoms with Crippen LogP contribution < -0.4 is 0 Å². The lowest BCUT2D eigenvalue weighted by molar-refractivity contribution is 0.534. The molecule has 0 saturated heterocycles. The second-order valence-electron chi connectivity index (χ2n) is 6.28. The molecule has 2 heteroatoms. The van der Waals surface area contributed by atoms with Gasteiger partial charge in [0.05, 0.1) is 0 Å². The van der Waals surface area contributed by atoms with Crippen LogP contribution in [-0.4, -0.2) is 9.97 Å². The molecular weight excluding hydrogens is 256 g/mol. The van der Waals surface area contributed by atoms with E-state index in [-0.39, 0.29) is 0 Å². The molecule has 0 amide bonds. The molecule has 1 unspecified atom stereocenters. The largest absolute Gasteiger partial charge is 0.264 e. The van der Waals surface area contributed by atoms with Gasteiger partial charge < -0.3 is 0 Å². The first-order valence-electron chi connectivity index (χ1n) is 7.79. The molecule has 2 heterocycles. The predicted octanol–water partition coefficient (Wildman–Crippen LogP) is 5.12. The Morgan fingerprint density at radius 3 is 1.90 bits per heavy atom. The summed E-state index contributed by atoms with van der Waals surface area (Å²) in [5.74, 6) is 2.03. The van der Waals surface area contributed by atoms with Crippen LogP contribution in [0.15, 0.2) is 49.1 Å².